The van der Waals surface area contributed by atoms with Crippen LogP contribution < -0.4 is 11.1 Å². The molecule has 0 saturated heterocycles. The van der Waals surface area contributed by atoms with Crippen molar-refractivity contribution in [3.8, 4) is 0 Å². The Morgan fingerprint density at radius 3 is 2.76 bits per heavy atom. The van der Waals surface area contributed by atoms with Crippen molar-refractivity contribution in [1.82, 2.24) is 0 Å². The van der Waals surface area contributed by atoms with Gasteiger partial charge in [-0.2, -0.15) is 0 Å². The van der Waals surface area contributed by atoms with Crippen LogP contribution in [0.2, 0.25) is 5.02 Å². The fourth-order valence-electron chi connectivity index (χ4n) is 5.09. The molecule has 1 aliphatic carbocycles. The van der Waals surface area contributed by atoms with Crippen molar-refractivity contribution < 1.29 is 23.9 Å². The lowest BCUT2D eigenvalue weighted by molar-refractivity contribution is -0.141. The maximum Gasteiger partial charge on any atom is 0.341 e. The first kappa shape index (κ1) is 21.3. The first-order valence-corrected chi connectivity index (χ1v) is 11.0. The van der Waals surface area contributed by atoms with Gasteiger partial charge < -0.3 is 20.5 Å². The molecule has 168 valence electrons. The number of nitrogens with one attached hydrogen (secondary N) is 1. The number of halogens is 1. The molecule has 0 unspecified atom stereocenters. The number of carbonyl (C=O) groups is 3. The van der Waals surface area contributed by atoms with E-state index in [9.17, 15) is 14.4 Å². The number of allylic oxidation sites excluding steroid dienone is 1. The largest absolute Gasteiger partial charge is 0.462 e. The van der Waals surface area contributed by atoms with Crippen molar-refractivity contribution >= 4 is 34.9 Å². The lowest BCUT2D eigenvalue weighted by atomic mass is 9.63. The standard InChI is InChI=1S/C25H21ClN2O5/c1-2-32-23(30)21-22(27)33-19-12-14(13-6-5-7-15(26)10-13)11-18(29)20(19)25(21)16-8-3-4-9-17(16)28-24(25)31/h3-10,14H,2,11-12,27H2,1H3,(H,28,31)/t14-,25-/m0/s1. The predicted octanol–water partition coefficient (Wildman–Crippen LogP) is 3.69. The molecule has 2 aromatic rings. The van der Waals surface area contributed by atoms with Gasteiger partial charge in [-0.3, -0.25) is 9.59 Å². The van der Waals surface area contributed by atoms with Crippen LogP contribution in [0.25, 0.3) is 0 Å². The summed E-state index contributed by atoms with van der Waals surface area (Å²) in [6.45, 7) is 1.73. The highest BCUT2D eigenvalue weighted by Crippen LogP contribution is 2.55. The summed E-state index contributed by atoms with van der Waals surface area (Å²) in [5, 5.41) is 3.38. The number of nitrogens with two attached hydrogens (primary N) is 1. The third-order valence-electron chi connectivity index (χ3n) is 6.37. The van der Waals surface area contributed by atoms with Crippen molar-refractivity contribution in [1.29, 1.82) is 0 Å². The van der Waals surface area contributed by atoms with Crippen LogP contribution >= 0.6 is 11.6 Å². The number of amides is 1. The van der Waals surface area contributed by atoms with Gasteiger partial charge >= 0.3 is 5.97 Å². The van der Waals surface area contributed by atoms with Crippen molar-refractivity contribution in [2.24, 2.45) is 5.73 Å². The third kappa shape index (κ3) is 3.07. The zero-order valence-corrected chi connectivity index (χ0v) is 18.6. The van der Waals surface area contributed by atoms with Gasteiger partial charge in [-0.15, -0.1) is 0 Å². The molecule has 2 aromatic carbocycles. The number of hydrogen-bond donors (Lipinski definition) is 2. The number of benzene rings is 2. The molecule has 2 aliphatic heterocycles. The maximum absolute atomic E-state index is 13.7. The number of rotatable bonds is 3. The van der Waals surface area contributed by atoms with Crippen LogP contribution in [0.4, 0.5) is 5.69 Å². The van der Waals surface area contributed by atoms with E-state index in [0.29, 0.717) is 22.7 Å². The maximum atomic E-state index is 13.7. The summed E-state index contributed by atoms with van der Waals surface area (Å²) in [6, 6.07) is 14.2. The molecular weight excluding hydrogens is 444 g/mol. The molecule has 2 atom stereocenters. The topological polar surface area (TPSA) is 108 Å². The summed E-state index contributed by atoms with van der Waals surface area (Å²) >= 11 is 6.16. The minimum Gasteiger partial charge on any atom is -0.462 e. The molecule has 0 saturated carbocycles. The van der Waals surface area contributed by atoms with Gasteiger partial charge in [-0.25, -0.2) is 4.79 Å². The van der Waals surface area contributed by atoms with Crippen molar-refractivity contribution in [2.45, 2.75) is 31.1 Å². The zero-order valence-electron chi connectivity index (χ0n) is 17.8. The number of ether oxygens (including phenoxy) is 2. The van der Waals surface area contributed by atoms with E-state index >= 15 is 0 Å². The molecule has 0 aromatic heterocycles. The highest BCUT2D eigenvalue weighted by atomic mass is 35.5. The Labute approximate surface area is 195 Å². The van der Waals surface area contributed by atoms with E-state index in [0.717, 1.165) is 5.56 Å². The monoisotopic (exact) mass is 464 g/mol. The van der Waals surface area contributed by atoms with E-state index in [2.05, 4.69) is 5.32 Å². The molecule has 2 heterocycles. The summed E-state index contributed by atoms with van der Waals surface area (Å²) in [4.78, 5) is 40.3. The Balaban J connectivity index is 1.72. The zero-order chi connectivity index (χ0) is 23.3. The second-order valence-corrected chi connectivity index (χ2v) is 8.63. The van der Waals surface area contributed by atoms with Crippen LogP contribution in [0, 0.1) is 0 Å². The molecule has 5 rings (SSSR count). The van der Waals surface area contributed by atoms with E-state index in [4.69, 9.17) is 26.8 Å². The van der Waals surface area contributed by atoms with Crippen LogP contribution in [0.3, 0.4) is 0 Å². The number of fused-ring (bicyclic) bond motifs is 3. The second-order valence-electron chi connectivity index (χ2n) is 8.19. The van der Waals surface area contributed by atoms with Gasteiger partial charge in [0.2, 0.25) is 11.8 Å². The molecule has 0 bridgehead atoms. The van der Waals surface area contributed by atoms with Gasteiger partial charge in [0.1, 0.15) is 16.7 Å². The molecule has 1 amide bonds. The van der Waals surface area contributed by atoms with E-state index in [1.807, 2.05) is 18.2 Å². The first-order valence-electron chi connectivity index (χ1n) is 10.7. The fourth-order valence-corrected chi connectivity index (χ4v) is 5.29. The molecule has 3 N–H and O–H groups in total. The molecule has 3 aliphatic rings. The number of esters is 1. The molecule has 33 heavy (non-hydrogen) atoms. The molecule has 8 heteroatoms. The number of ketones is 1. The second kappa shape index (κ2) is 7.78. The molecule has 7 nitrogen and oxygen atoms in total. The number of para-hydroxylation sites is 1. The minimum absolute atomic E-state index is 0.0751. The average molecular weight is 465 g/mol. The predicted molar refractivity (Wildman–Crippen MR) is 121 cm³/mol. The lowest BCUT2D eigenvalue weighted by Crippen LogP contribution is -2.49. The van der Waals surface area contributed by atoms with E-state index in [1.54, 1.807) is 37.3 Å². The first-order chi connectivity index (χ1) is 15.9. The summed E-state index contributed by atoms with van der Waals surface area (Å²) in [5.74, 6) is -1.77. The van der Waals surface area contributed by atoms with Gasteiger partial charge in [-0.1, -0.05) is 41.9 Å². The van der Waals surface area contributed by atoms with Crippen LogP contribution in [0.1, 0.15) is 36.8 Å². The van der Waals surface area contributed by atoms with Gasteiger partial charge in [0.25, 0.3) is 0 Å². The fraction of sp³-hybridized carbons (Fsp3) is 0.240. The SMILES string of the molecule is CCOC(=O)C1=C(N)OC2=C(C(=O)C[C@H](c3cccc(Cl)c3)C2)[C@]12C(=O)Nc1ccccc12. The minimum atomic E-state index is -1.73. The number of anilines is 1. The van der Waals surface area contributed by atoms with Gasteiger partial charge in [0.05, 0.1) is 12.2 Å². The molecule has 1 spiro atoms. The molecular formula is C25H21ClN2O5. The highest BCUT2D eigenvalue weighted by molar-refractivity contribution is 6.30. The summed E-state index contributed by atoms with van der Waals surface area (Å²) in [7, 11) is 0. The Morgan fingerprint density at radius 1 is 1.21 bits per heavy atom. The highest BCUT2D eigenvalue weighted by Gasteiger charge is 2.62. The van der Waals surface area contributed by atoms with Crippen molar-refractivity contribution in [3.63, 3.8) is 0 Å². The Kier molecular flexibility index (Phi) is 5.01. The van der Waals surface area contributed by atoms with Crippen LogP contribution in [0.5, 0.6) is 0 Å². The Morgan fingerprint density at radius 2 is 2.00 bits per heavy atom. The van der Waals surface area contributed by atoms with Crippen LogP contribution in [-0.4, -0.2) is 24.3 Å². The lowest BCUT2D eigenvalue weighted by Gasteiger charge is -2.40. The quantitative estimate of drug-likeness (QED) is 0.671. The third-order valence-corrected chi connectivity index (χ3v) is 6.61. The molecule has 0 radical (unpaired) electrons. The van der Waals surface area contributed by atoms with Gasteiger partial charge in [0, 0.05) is 29.1 Å². The van der Waals surface area contributed by atoms with Crippen LogP contribution in [-0.2, 0) is 29.3 Å². The van der Waals surface area contributed by atoms with Gasteiger partial charge in [0.15, 0.2) is 5.78 Å². The van der Waals surface area contributed by atoms with Crippen molar-refractivity contribution in [3.05, 3.63) is 87.5 Å². The Hall–Kier alpha value is -3.58. The van der Waals surface area contributed by atoms with E-state index < -0.39 is 17.3 Å². The Bertz CT molecular complexity index is 1280. The molecule has 0 fully saturated rings. The summed E-state index contributed by atoms with van der Waals surface area (Å²) in [6.07, 6.45) is 0.463. The van der Waals surface area contributed by atoms with Gasteiger partial charge in [-0.05, 0) is 36.6 Å². The summed E-state index contributed by atoms with van der Waals surface area (Å²) in [5.41, 5.74) is 6.37. The number of carbonyl (C=O) groups excluding carboxylic acids is 3. The summed E-state index contributed by atoms with van der Waals surface area (Å²) < 4.78 is 11.1. The smallest absolute Gasteiger partial charge is 0.341 e. The normalized spacial score (nSPS) is 23.8. The average Bonchev–Trinajstić information content (AvgIpc) is 3.05. The van der Waals surface area contributed by atoms with Crippen molar-refractivity contribution in [2.75, 3.05) is 11.9 Å². The van der Waals surface area contributed by atoms with E-state index in [-0.39, 0.29) is 47.5 Å². The van der Waals surface area contributed by atoms with E-state index in [1.165, 1.54) is 0 Å². The number of hydrogen-bond acceptors (Lipinski definition) is 6. The number of Topliss-reactive ketones (excluding diaryl/α,β-unsaturated/α-hetero) is 1. The van der Waals surface area contributed by atoms with Crippen LogP contribution in [0.15, 0.2) is 71.3 Å².